The van der Waals surface area contributed by atoms with Crippen LogP contribution in [0.3, 0.4) is 0 Å². The average molecular weight is 238 g/mol. The molecular weight excluding hydrogens is 224 g/mol. The predicted octanol–water partition coefficient (Wildman–Crippen LogP) is 1.14. The molecule has 17 heavy (non-hydrogen) atoms. The van der Waals surface area contributed by atoms with E-state index in [1.165, 1.54) is 6.39 Å². The van der Waals surface area contributed by atoms with Gasteiger partial charge in [-0.1, -0.05) is 0 Å². The lowest BCUT2D eigenvalue weighted by molar-refractivity contribution is -0.137. The van der Waals surface area contributed by atoms with Gasteiger partial charge in [0.05, 0.1) is 12.1 Å². The van der Waals surface area contributed by atoms with Crippen molar-refractivity contribution in [2.45, 2.75) is 38.1 Å². The molecular formula is C11H14N2O4. The minimum Gasteiger partial charge on any atom is -0.481 e. The van der Waals surface area contributed by atoms with Crippen molar-refractivity contribution in [1.82, 2.24) is 10.3 Å². The van der Waals surface area contributed by atoms with E-state index < -0.39 is 17.9 Å². The molecule has 1 aromatic heterocycles. The van der Waals surface area contributed by atoms with E-state index in [1.54, 1.807) is 6.92 Å². The molecule has 0 aliphatic heterocycles. The summed E-state index contributed by atoms with van der Waals surface area (Å²) in [6.07, 6.45) is 3.19. The van der Waals surface area contributed by atoms with Crippen LogP contribution in [-0.2, 0) is 4.79 Å². The van der Waals surface area contributed by atoms with Gasteiger partial charge in [-0.05, 0) is 19.8 Å². The molecule has 1 aliphatic rings. The third-order valence-corrected chi connectivity index (χ3v) is 2.62. The highest BCUT2D eigenvalue weighted by Crippen LogP contribution is 2.40. The van der Waals surface area contributed by atoms with Crippen molar-refractivity contribution < 1.29 is 19.1 Å². The molecule has 0 radical (unpaired) electrons. The van der Waals surface area contributed by atoms with Gasteiger partial charge in [0.2, 0.25) is 5.76 Å². The number of carboxylic acids is 1. The zero-order valence-corrected chi connectivity index (χ0v) is 9.47. The first kappa shape index (κ1) is 11.6. The Hall–Kier alpha value is -1.85. The zero-order chi connectivity index (χ0) is 12.4. The first-order valence-electron chi connectivity index (χ1n) is 5.54. The molecule has 6 heteroatoms. The molecule has 1 heterocycles. The van der Waals surface area contributed by atoms with Crippen LogP contribution in [0.15, 0.2) is 10.8 Å². The Kier molecular flexibility index (Phi) is 3.12. The van der Waals surface area contributed by atoms with Crippen LogP contribution in [0.1, 0.15) is 48.4 Å². The second-order valence-electron chi connectivity index (χ2n) is 4.31. The number of nitrogens with zero attached hydrogens (tertiary/aromatic N) is 1. The number of carboxylic acid groups (broad SMARTS) is 1. The van der Waals surface area contributed by atoms with Gasteiger partial charge in [-0.25, -0.2) is 4.98 Å². The van der Waals surface area contributed by atoms with Gasteiger partial charge in [-0.3, -0.25) is 9.59 Å². The second-order valence-corrected chi connectivity index (χ2v) is 4.31. The van der Waals surface area contributed by atoms with E-state index in [0.717, 1.165) is 12.8 Å². The van der Waals surface area contributed by atoms with Crippen molar-refractivity contribution >= 4 is 11.9 Å². The van der Waals surface area contributed by atoms with Crippen LogP contribution in [0, 0.1) is 0 Å². The van der Waals surface area contributed by atoms with Gasteiger partial charge >= 0.3 is 5.97 Å². The maximum Gasteiger partial charge on any atom is 0.305 e. The van der Waals surface area contributed by atoms with Crippen LogP contribution in [0.4, 0.5) is 0 Å². The van der Waals surface area contributed by atoms with E-state index >= 15 is 0 Å². The topological polar surface area (TPSA) is 92.4 Å². The summed E-state index contributed by atoms with van der Waals surface area (Å²) in [5, 5.41) is 11.2. The summed E-state index contributed by atoms with van der Waals surface area (Å²) >= 11 is 0. The molecule has 1 saturated carbocycles. The third-order valence-electron chi connectivity index (χ3n) is 2.62. The van der Waals surface area contributed by atoms with E-state index in [4.69, 9.17) is 9.52 Å². The summed E-state index contributed by atoms with van der Waals surface area (Å²) < 4.78 is 5.06. The Labute approximate surface area is 98.0 Å². The van der Waals surface area contributed by atoms with Crippen LogP contribution in [0.25, 0.3) is 0 Å². The minimum atomic E-state index is -0.946. The smallest absolute Gasteiger partial charge is 0.305 e. The number of aliphatic carboxylic acids is 1. The number of hydrogen-bond donors (Lipinski definition) is 2. The van der Waals surface area contributed by atoms with Crippen LogP contribution >= 0.6 is 0 Å². The van der Waals surface area contributed by atoms with Gasteiger partial charge in [0, 0.05) is 12.0 Å². The Bertz CT molecular complexity index is 436. The maximum atomic E-state index is 11.8. The standard InChI is InChI=1S/C11H14N2O4/c1-6(4-8(14)15)13-11(16)10-9(7-2-3-7)12-5-17-10/h5-7H,2-4H2,1H3,(H,13,16)(H,14,15). The van der Waals surface area contributed by atoms with Crippen LogP contribution in [0.2, 0.25) is 0 Å². The SMILES string of the molecule is CC(CC(=O)O)NC(=O)c1ocnc1C1CC1. The molecule has 0 bridgehead atoms. The Morgan fingerprint density at radius 2 is 2.35 bits per heavy atom. The van der Waals surface area contributed by atoms with Gasteiger partial charge in [-0.2, -0.15) is 0 Å². The predicted molar refractivity (Wildman–Crippen MR) is 57.7 cm³/mol. The van der Waals surface area contributed by atoms with Crippen molar-refractivity contribution in [2.75, 3.05) is 0 Å². The van der Waals surface area contributed by atoms with E-state index in [0.29, 0.717) is 11.6 Å². The summed E-state index contributed by atoms with van der Waals surface area (Å²) in [6.45, 7) is 1.64. The van der Waals surface area contributed by atoms with E-state index in [1.807, 2.05) is 0 Å². The number of aromatic nitrogens is 1. The Morgan fingerprint density at radius 3 is 2.94 bits per heavy atom. The fourth-order valence-corrected chi connectivity index (χ4v) is 1.67. The van der Waals surface area contributed by atoms with Gasteiger partial charge < -0.3 is 14.8 Å². The zero-order valence-electron chi connectivity index (χ0n) is 9.47. The van der Waals surface area contributed by atoms with Crippen LogP contribution < -0.4 is 5.32 Å². The van der Waals surface area contributed by atoms with Crippen LogP contribution in [-0.4, -0.2) is 28.0 Å². The minimum absolute atomic E-state index is 0.112. The van der Waals surface area contributed by atoms with Crippen molar-refractivity contribution in [3.8, 4) is 0 Å². The molecule has 1 unspecified atom stereocenters. The van der Waals surface area contributed by atoms with E-state index in [2.05, 4.69) is 10.3 Å². The highest BCUT2D eigenvalue weighted by atomic mass is 16.4. The van der Waals surface area contributed by atoms with E-state index in [9.17, 15) is 9.59 Å². The van der Waals surface area contributed by atoms with E-state index in [-0.39, 0.29) is 12.2 Å². The molecule has 2 rings (SSSR count). The second kappa shape index (κ2) is 4.57. The van der Waals surface area contributed by atoms with Crippen molar-refractivity contribution in [2.24, 2.45) is 0 Å². The van der Waals surface area contributed by atoms with Crippen molar-refractivity contribution in [3.63, 3.8) is 0 Å². The number of carbonyl (C=O) groups excluding carboxylic acids is 1. The molecule has 2 N–H and O–H groups in total. The molecule has 1 aliphatic carbocycles. The number of amides is 1. The molecule has 0 aromatic carbocycles. The lowest BCUT2D eigenvalue weighted by atomic mass is 10.2. The number of oxazole rings is 1. The fourth-order valence-electron chi connectivity index (χ4n) is 1.67. The van der Waals surface area contributed by atoms with Gasteiger partial charge in [0.15, 0.2) is 6.39 Å². The van der Waals surface area contributed by atoms with Crippen LogP contribution in [0.5, 0.6) is 0 Å². The molecule has 1 atom stereocenters. The molecule has 0 saturated heterocycles. The quantitative estimate of drug-likeness (QED) is 0.802. The number of carbonyl (C=O) groups is 2. The average Bonchev–Trinajstić information content (AvgIpc) is 2.94. The molecule has 1 aromatic rings. The van der Waals surface area contributed by atoms with Gasteiger partial charge in [0.1, 0.15) is 0 Å². The Morgan fingerprint density at radius 1 is 1.65 bits per heavy atom. The third kappa shape index (κ3) is 2.83. The fraction of sp³-hybridized carbons (Fsp3) is 0.545. The summed E-state index contributed by atoms with van der Waals surface area (Å²) in [4.78, 5) is 26.3. The highest BCUT2D eigenvalue weighted by Gasteiger charge is 2.32. The first-order valence-corrected chi connectivity index (χ1v) is 5.54. The summed E-state index contributed by atoms with van der Waals surface area (Å²) in [7, 11) is 0. The van der Waals surface area contributed by atoms with Crippen molar-refractivity contribution in [3.05, 3.63) is 17.8 Å². The van der Waals surface area contributed by atoms with Gasteiger partial charge in [0.25, 0.3) is 5.91 Å². The van der Waals surface area contributed by atoms with Gasteiger partial charge in [-0.15, -0.1) is 0 Å². The number of hydrogen-bond acceptors (Lipinski definition) is 4. The normalized spacial score (nSPS) is 16.5. The number of nitrogens with one attached hydrogen (secondary N) is 1. The molecule has 1 amide bonds. The summed E-state index contributed by atoms with van der Waals surface area (Å²) in [5.74, 6) is -0.801. The largest absolute Gasteiger partial charge is 0.481 e. The molecule has 6 nitrogen and oxygen atoms in total. The maximum absolute atomic E-state index is 11.8. The number of rotatable bonds is 5. The molecule has 92 valence electrons. The lowest BCUT2D eigenvalue weighted by Gasteiger charge is -2.10. The first-order chi connectivity index (χ1) is 8.08. The monoisotopic (exact) mass is 238 g/mol. The molecule has 0 spiro atoms. The Balaban J connectivity index is 1.99. The summed E-state index contributed by atoms with van der Waals surface area (Å²) in [6, 6.07) is -0.433. The molecule has 1 fully saturated rings. The lowest BCUT2D eigenvalue weighted by Crippen LogP contribution is -2.34. The highest BCUT2D eigenvalue weighted by molar-refractivity contribution is 5.93. The van der Waals surface area contributed by atoms with Crippen molar-refractivity contribution in [1.29, 1.82) is 0 Å². The summed E-state index contributed by atoms with van der Waals surface area (Å²) in [5.41, 5.74) is 0.685.